The molecule has 1 aromatic rings. The average Bonchev–Trinajstić information content (AvgIpc) is 2.47. The second-order valence-electron chi connectivity index (χ2n) is 5.31. The maximum absolute atomic E-state index is 12.5. The number of halogens is 1. The van der Waals surface area contributed by atoms with Crippen LogP contribution in [0.15, 0.2) is 24.3 Å². The van der Waals surface area contributed by atoms with Gasteiger partial charge in [0.15, 0.2) is 0 Å². The molecule has 1 aliphatic rings. The Kier molecular flexibility index (Phi) is 4.65. The van der Waals surface area contributed by atoms with Crippen LogP contribution in [0.3, 0.4) is 0 Å². The van der Waals surface area contributed by atoms with Crippen LogP contribution in [0.2, 0.25) is 0 Å². The third kappa shape index (κ3) is 3.12. The average molecular weight is 295 g/mol. The molecule has 2 atom stereocenters. The fourth-order valence-corrected chi connectivity index (χ4v) is 2.70. The first kappa shape index (κ1) is 14.9. The number of piperidine rings is 1. The molecule has 0 saturated carbocycles. The summed E-state index contributed by atoms with van der Waals surface area (Å²) < 4.78 is 0. The number of carbonyl (C=O) groups excluding carboxylic acids is 2. The normalized spacial score (nSPS) is 22.6. The number of alkyl halides is 1. The number of primary amides is 1. The van der Waals surface area contributed by atoms with Crippen molar-refractivity contribution in [2.45, 2.75) is 31.7 Å². The third-order valence-corrected chi connectivity index (χ3v) is 4.21. The van der Waals surface area contributed by atoms with Crippen LogP contribution in [0.25, 0.3) is 0 Å². The van der Waals surface area contributed by atoms with Crippen LogP contribution in [0.4, 0.5) is 0 Å². The van der Waals surface area contributed by atoms with Crippen LogP contribution in [-0.4, -0.2) is 29.3 Å². The molecule has 2 rings (SSSR count). The second-order valence-corrected chi connectivity index (χ2v) is 5.58. The van der Waals surface area contributed by atoms with Crippen molar-refractivity contribution < 1.29 is 9.59 Å². The molecule has 0 aliphatic carbocycles. The highest BCUT2D eigenvalue weighted by Gasteiger charge is 2.31. The van der Waals surface area contributed by atoms with Crippen molar-refractivity contribution in [2.75, 3.05) is 6.54 Å². The Balaban J connectivity index is 2.15. The van der Waals surface area contributed by atoms with Gasteiger partial charge in [-0.15, -0.1) is 11.6 Å². The van der Waals surface area contributed by atoms with Crippen LogP contribution in [-0.2, 0) is 10.7 Å². The number of benzene rings is 1. The Bertz CT molecular complexity index is 501. The van der Waals surface area contributed by atoms with Gasteiger partial charge in [0.25, 0.3) is 5.91 Å². The Hall–Kier alpha value is -1.55. The molecule has 0 bridgehead atoms. The summed E-state index contributed by atoms with van der Waals surface area (Å²) >= 11 is 5.74. The minimum atomic E-state index is -0.327. The van der Waals surface area contributed by atoms with E-state index in [0.29, 0.717) is 18.0 Å². The van der Waals surface area contributed by atoms with Crippen molar-refractivity contribution in [3.63, 3.8) is 0 Å². The van der Waals surface area contributed by atoms with Gasteiger partial charge < -0.3 is 10.6 Å². The summed E-state index contributed by atoms with van der Waals surface area (Å²) in [6, 6.07) is 7.38. The molecule has 1 aromatic carbocycles. The summed E-state index contributed by atoms with van der Waals surface area (Å²) in [7, 11) is 0. The van der Waals surface area contributed by atoms with Crippen molar-refractivity contribution in [1.29, 1.82) is 0 Å². The summed E-state index contributed by atoms with van der Waals surface area (Å²) in [5.41, 5.74) is 6.96. The maximum atomic E-state index is 12.5. The van der Waals surface area contributed by atoms with Crippen LogP contribution in [0.1, 0.15) is 35.7 Å². The molecule has 1 heterocycles. The van der Waals surface area contributed by atoms with E-state index in [1.807, 2.05) is 19.1 Å². The van der Waals surface area contributed by atoms with Crippen LogP contribution < -0.4 is 5.73 Å². The van der Waals surface area contributed by atoms with E-state index in [-0.39, 0.29) is 23.8 Å². The van der Waals surface area contributed by atoms with Gasteiger partial charge in [0.1, 0.15) is 0 Å². The van der Waals surface area contributed by atoms with Gasteiger partial charge in [0.2, 0.25) is 5.91 Å². The highest BCUT2D eigenvalue weighted by Crippen LogP contribution is 2.23. The summed E-state index contributed by atoms with van der Waals surface area (Å²) in [5.74, 6) is -0.188. The van der Waals surface area contributed by atoms with Crippen molar-refractivity contribution >= 4 is 23.4 Å². The van der Waals surface area contributed by atoms with E-state index in [2.05, 4.69) is 0 Å². The van der Waals surface area contributed by atoms with Crippen LogP contribution in [0, 0.1) is 5.92 Å². The molecule has 108 valence electrons. The number of likely N-dealkylation sites (tertiary alicyclic amines) is 1. The lowest BCUT2D eigenvalue weighted by Crippen LogP contribution is -2.48. The monoisotopic (exact) mass is 294 g/mol. The molecule has 0 aromatic heterocycles. The summed E-state index contributed by atoms with van der Waals surface area (Å²) in [5, 5.41) is 0. The summed E-state index contributed by atoms with van der Waals surface area (Å²) in [6.07, 6.45) is 1.56. The number of rotatable bonds is 3. The molecule has 1 fully saturated rings. The molecule has 20 heavy (non-hydrogen) atoms. The topological polar surface area (TPSA) is 63.4 Å². The number of carbonyl (C=O) groups is 2. The van der Waals surface area contributed by atoms with E-state index in [0.717, 1.165) is 18.4 Å². The van der Waals surface area contributed by atoms with Crippen LogP contribution in [0.5, 0.6) is 0 Å². The Morgan fingerprint density at radius 3 is 2.50 bits per heavy atom. The first-order valence-corrected chi connectivity index (χ1v) is 7.31. The predicted octanol–water partition coefficient (Wildman–Crippen LogP) is 2.15. The van der Waals surface area contributed by atoms with Crippen molar-refractivity contribution in [1.82, 2.24) is 4.90 Å². The Morgan fingerprint density at radius 1 is 1.30 bits per heavy atom. The Labute approximate surface area is 123 Å². The number of nitrogens with two attached hydrogens (primary N) is 1. The lowest BCUT2D eigenvalue weighted by molar-refractivity contribution is -0.123. The first-order valence-electron chi connectivity index (χ1n) is 6.78. The van der Waals surface area contributed by atoms with Crippen molar-refractivity contribution in [2.24, 2.45) is 11.7 Å². The van der Waals surface area contributed by atoms with E-state index in [9.17, 15) is 9.59 Å². The molecule has 2 amide bonds. The maximum Gasteiger partial charge on any atom is 0.254 e. The van der Waals surface area contributed by atoms with Gasteiger partial charge in [-0.2, -0.15) is 0 Å². The number of hydrogen-bond acceptors (Lipinski definition) is 2. The van der Waals surface area contributed by atoms with Gasteiger partial charge in [-0.3, -0.25) is 9.59 Å². The smallest absolute Gasteiger partial charge is 0.254 e. The molecule has 1 saturated heterocycles. The number of amides is 2. The van der Waals surface area contributed by atoms with Gasteiger partial charge in [-0.05, 0) is 37.5 Å². The fourth-order valence-electron chi connectivity index (χ4n) is 2.52. The first-order chi connectivity index (χ1) is 9.52. The highest BCUT2D eigenvalue weighted by atomic mass is 35.5. The largest absolute Gasteiger partial charge is 0.369 e. The van der Waals surface area contributed by atoms with Crippen molar-refractivity contribution in [3.8, 4) is 0 Å². The quantitative estimate of drug-likeness (QED) is 0.868. The predicted molar refractivity (Wildman–Crippen MR) is 78.4 cm³/mol. The minimum Gasteiger partial charge on any atom is -0.369 e. The summed E-state index contributed by atoms with van der Waals surface area (Å²) in [6.45, 7) is 2.41. The molecule has 0 radical (unpaired) electrons. The van der Waals surface area contributed by atoms with E-state index in [4.69, 9.17) is 17.3 Å². The lowest BCUT2D eigenvalue weighted by atomic mass is 9.92. The van der Waals surface area contributed by atoms with E-state index < -0.39 is 0 Å². The number of hydrogen-bond donors (Lipinski definition) is 1. The van der Waals surface area contributed by atoms with Gasteiger partial charge in [0.05, 0.1) is 5.92 Å². The molecule has 5 heteroatoms. The van der Waals surface area contributed by atoms with E-state index in [1.54, 1.807) is 17.0 Å². The van der Waals surface area contributed by atoms with E-state index >= 15 is 0 Å². The molecular formula is C15H19ClN2O2. The summed E-state index contributed by atoms with van der Waals surface area (Å²) in [4.78, 5) is 25.6. The molecule has 1 aliphatic heterocycles. The Morgan fingerprint density at radius 2 is 1.95 bits per heavy atom. The molecular weight excluding hydrogens is 276 g/mol. The van der Waals surface area contributed by atoms with E-state index in [1.165, 1.54) is 0 Å². The zero-order valence-electron chi connectivity index (χ0n) is 11.5. The molecule has 2 N–H and O–H groups in total. The van der Waals surface area contributed by atoms with Gasteiger partial charge >= 0.3 is 0 Å². The molecule has 4 nitrogen and oxygen atoms in total. The second kappa shape index (κ2) is 6.27. The lowest BCUT2D eigenvalue weighted by Gasteiger charge is -2.37. The highest BCUT2D eigenvalue weighted by molar-refractivity contribution is 6.17. The van der Waals surface area contributed by atoms with Crippen molar-refractivity contribution in [3.05, 3.63) is 35.4 Å². The van der Waals surface area contributed by atoms with Crippen LogP contribution >= 0.6 is 11.6 Å². The third-order valence-electron chi connectivity index (χ3n) is 3.90. The zero-order chi connectivity index (χ0) is 14.7. The minimum absolute atomic E-state index is 0.0513. The molecule has 2 unspecified atom stereocenters. The zero-order valence-corrected chi connectivity index (χ0v) is 12.3. The van der Waals surface area contributed by atoms with Gasteiger partial charge in [-0.1, -0.05) is 12.1 Å². The standard InChI is InChI=1S/C15H19ClN2O2/c1-10-2-5-13(14(17)19)9-18(10)15(20)12-6-3-11(8-16)4-7-12/h3-4,6-7,10,13H,2,5,8-9H2,1H3,(H2,17,19). The van der Waals surface area contributed by atoms with Gasteiger partial charge in [-0.25, -0.2) is 0 Å². The van der Waals surface area contributed by atoms with Gasteiger partial charge in [0, 0.05) is 24.0 Å². The fraction of sp³-hybridized carbons (Fsp3) is 0.467. The SMILES string of the molecule is CC1CCC(C(N)=O)CN1C(=O)c1ccc(CCl)cc1. The molecule has 0 spiro atoms. The number of nitrogens with zero attached hydrogens (tertiary/aromatic N) is 1.